The van der Waals surface area contributed by atoms with Gasteiger partial charge in [-0.15, -0.1) is 0 Å². The van der Waals surface area contributed by atoms with Gasteiger partial charge in [0.15, 0.2) is 21.3 Å². The predicted octanol–water partition coefficient (Wildman–Crippen LogP) is 2.48. The van der Waals surface area contributed by atoms with Gasteiger partial charge in [0.2, 0.25) is 6.79 Å². The van der Waals surface area contributed by atoms with Gasteiger partial charge in [0, 0.05) is 11.8 Å². The van der Waals surface area contributed by atoms with E-state index >= 15 is 0 Å². The number of carbonyl (C=O) groups is 1. The second kappa shape index (κ2) is 5.34. The van der Waals surface area contributed by atoms with E-state index in [1.54, 1.807) is 42.5 Å². The van der Waals surface area contributed by atoms with Crippen LogP contribution in [0.15, 0.2) is 47.4 Å². The van der Waals surface area contributed by atoms with Crippen molar-refractivity contribution in [2.24, 2.45) is 5.92 Å². The Labute approximate surface area is 140 Å². The minimum atomic E-state index is -3.56. The van der Waals surface area contributed by atoms with Gasteiger partial charge >= 0.3 is 0 Å². The van der Waals surface area contributed by atoms with Crippen molar-refractivity contribution in [2.75, 3.05) is 6.79 Å². The minimum Gasteiger partial charge on any atom is -0.454 e. The Morgan fingerprint density at radius 3 is 2.46 bits per heavy atom. The van der Waals surface area contributed by atoms with Crippen molar-refractivity contribution in [3.8, 4) is 11.5 Å². The molecule has 0 radical (unpaired) electrons. The van der Waals surface area contributed by atoms with E-state index in [2.05, 4.69) is 0 Å². The van der Waals surface area contributed by atoms with Crippen LogP contribution >= 0.6 is 0 Å². The Bertz CT molecular complexity index is 902. The summed E-state index contributed by atoms with van der Waals surface area (Å²) in [5.74, 6) is 0.357. The number of sulfone groups is 1. The van der Waals surface area contributed by atoms with E-state index in [0.717, 1.165) is 17.4 Å². The Morgan fingerprint density at radius 1 is 1.04 bits per heavy atom. The van der Waals surface area contributed by atoms with Crippen molar-refractivity contribution in [1.82, 2.24) is 0 Å². The number of hydrogen-bond donors (Lipinski definition) is 0. The highest BCUT2D eigenvalue weighted by molar-refractivity contribution is 7.92. The Morgan fingerprint density at radius 2 is 1.75 bits per heavy atom. The molecule has 1 saturated carbocycles. The van der Waals surface area contributed by atoms with Gasteiger partial charge in [-0.3, -0.25) is 0 Å². The van der Waals surface area contributed by atoms with Crippen LogP contribution in [0.25, 0.3) is 0 Å². The van der Waals surface area contributed by atoms with E-state index in [4.69, 9.17) is 9.47 Å². The normalized spacial score (nSPS) is 24.6. The number of aldehydes is 1. The molecule has 1 heterocycles. The Kier molecular flexibility index (Phi) is 3.38. The molecule has 1 aliphatic carbocycles. The first-order valence-electron chi connectivity index (χ1n) is 7.68. The summed E-state index contributed by atoms with van der Waals surface area (Å²) in [5.41, 5.74) is 1.78. The number of rotatable bonds is 4. The van der Waals surface area contributed by atoms with Crippen molar-refractivity contribution >= 4 is 16.1 Å². The maximum atomic E-state index is 12.9. The van der Waals surface area contributed by atoms with Crippen LogP contribution in [0.2, 0.25) is 0 Å². The van der Waals surface area contributed by atoms with E-state index in [-0.39, 0.29) is 17.6 Å². The zero-order valence-electron chi connectivity index (χ0n) is 13.0. The standard InChI is InChI=1S/C18H16O5S/c1-11-2-5-13(6-3-11)24(20,21)18-14(9-19)17(18)12-4-7-15-16(8-12)23-10-22-15/h2-9,14,17-18H,10H2,1H3/t14-,17-,18-/m1/s1. The molecule has 2 aliphatic rings. The molecule has 0 unspecified atom stereocenters. The molecule has 0 aromatic heterocycles. The third-order valence-corrected chi connectivity index (χ3v) is 6.91. The zero-order chi connectivity index (χ0) is 16.9. The lowest BCUT2D eigenvalue weighted by atomic mass is 10.1. The van der Waals surface area contributed by atoms with E-state index in [1.165, 1.54) is 0 Å². The molecule has 124 valence electrons. The summed E-state index contributed by atoms with van der Waals surface area (Å²) < 4.78 is 36.4. The van der Waals surface area contributed by atoms with Crippen LogP contribution in [-0.2, 0) is 14.6 Å². The van der Waals surface area contributed by atoms with Crippen LogP contribution in [0, 0.1) is 12.8 Å². The van der Waals surface area contributed by atoms with Crippen molar-refractivity contribution < 1.29 is 22.7 Å². The molecule has 0 saturated heterocycles. The summed E-state index contributed by atoms with van der Waals surface area (Å²) in [6.07, 6.45) is 0.742. The van der Waals surface area contributed by atoms with Gasteiger partial charge in [-0.25, -0.2) is 8.42 Å². The molecule has 1 aliphatic heterocycles. The highest BCUT2D eigenvalue weighted by atomic mass is 32.2. The second-order valence-corrected chi connectivity index (χ2v) is 8.28. The van der Waals surface area contributed by atoms with Crippen LogP contribution in [0.5, 0.6) is 11.5 Å². The molecule has 2 aromatic carbocycles. The van der Waals surface area contributed by atoms with E-state index in [1.807, 2.05) is 6.92 Å². The number of hydrogen-bond acceptors (Lipinski definition) is 5. The fraction of sp³-hybridized carbons (Fsp3) is 0.278. The molecule has 0 N–H and O–H groups in total. The third-order valence-electron chi connectivity index (χ3n) is 4.65. The molecule has 0 amide bonds. The summed E-state index contributed by atoms with van der Waals surface area (Å²) in [7, 11) is -3.56. The molecule has 0 bridgehead atoms. The van der Waals surface area contributed by atoms with Gasteiger partial charge in [-0.2, -0.15) is 0 Å². The molecular formula is C18H16O5S. The average molecular weight is 344 g/mol. The van der Waals surface area contributed by atoms with Crippen molar-refractivity contribution in [3.05, 3.63) is 53.6 Å². The lowest BCUT2D eigenvalue weighted by Crippen LogP contribution is -2.11. The molecule has 5 nitrogen and oxygen atoms in total. The smallest absolute Gasteiger partial charge is 0.231 e. The van der Waals surface area contributed by atoms with Crippen LogP contribution in [-0.4, -0.2) is 26.7 Å². The molecule has 3 atom stereocenters. The Hall–Kier alpha value is -2.34. The number of carbonyl (C=O) groups excluding carboxylic acids is 1. The summed E-state index contributed by atoms with van der Waals surface area (Å²) in [6, 6.07) is 12.1. The molecule has 4 rings (SSSR count). The average Bonchev–Trinajstić information content (AvgIpc) is 3.15. The van der Waals surface area contributed by atoms with E-state index in [0.29, 0.717) is 11.5 Å². The quantitative estimate of drug-likeness (QED) is 0.797. The molecule has 0 spiro atoms. The van der Waals surface area contributed by atoms with Crippen LogP contribution < -0.4 is 9.47 Å². The SMILES string of the molecule is Cc1ccc(S(=O)(=O)[C@@H]2[C@H](C=O)[C@H]2c2ccc3c(c2)OCO3)cc1. The molecule has 1 fully saturated rings. The maximum Gasteiger partial charge on any atom is 0.231 e. The molecule has 6 heteroatoms. The number of fused-ring (bicyclic) bond motifs is 1. The number of aryl methyl sites for hydroxylation is 1. The number of ether oxygens (including phenoxy) is 2. The molecule has 2 aromatic rings. The minimum absolute atomic E-state index is 0.158. The lowest BCUT2D eigenvalue weighted by molar-refractivity contribution is -0.108. The Balaban J connectivity index is 1.68. The summed E-state index contributed by atoms with van der Waals surface area (Å²) in [4.78, 5) is 11.7. The summed E-state index contributed by atoms with van der Waals surface area (Å²) in [5, 5.41) is -0.724. The third kappa shape index (κ3) is 2.29. The van der Waals surface area contributed by atoms with Gasteiger partial charge in [-0.1, -0.05) is 23.8 Å². The van der Waals surface area contributed by atoms with E-state index < -0.39 is 21.0 Å². The van der Waals surface area contributed by atoms with Gasteiger partial charge in [-0.05, 0) is 36.8 Å². The second-order valence-electron chi connectivity index (χ2n) is 6.17. The number of benzene rings is 2. The fourth-order valence-electron chi connectivity index (χ4n) is 3.28. The van der Waals surface area contributed by atoms with Crippen molar-refractivity contribution in [2.45, 2.75) is 23.0 Å². The highest BCUT2D eigenvalue weighted by Crippen LogP contribution is 2.54. The maximum absolute atomic E-state index is 12.9. The summed E-state index contributed by atoms with van der Waals surface area (Å²) >= 11 is 0. The molecule has 24 heavy (non-hydrogen) atoms. The van der Waals surface area contributed by atoms with Crippen LogP contribution in [0.1, 0.15) is 17.0 Å². The van der Waals surface area contributed by atoms with Gasteiger partial charge in [0.1, 0.15) is 6.29 Å². The van der Waals surface area contributed by atoms with Crippen molar-refractivity contribution in [3.63, 3.8) is 0 Å². The summed E-state index contributed by atoms with van der Waals surface area (Å²) in [6.45, 7) is 2.06. The van der Waals surface area contributed by atoms with Crippen LogP contribution in [0.3, 0.4) is 0 Å². The lowest BCUT2D eigenvalue weighted by Gasteiger charge is -2.05. The topological polar surface area (TPSA) is 69.7 Å². The first-order chi connectivity index (χ1) is 11.5. The van der Waals surface area contributed by atoms with Gasteiger partial charge in [0.05, 0.1) is 10.1 Å². The first kappa shape index (κ1) is 15.2. The van der Waals surface area contributed by atoms with Crippen LogP contribution in [0.4, 0.5) is 0 Å². The predicted molar refractivity (Wildman–Crippen MR) is 87.0 cm³/mol. The fourth-order valence-corrected chi connectivity index (χ4v) is 5.40. The van der Waals surface area contributed by atoms with Gasteiger partial charge in [0.25, 0.3) is 0 Å². The molecular weight excluding hydrogens is 328 g/mol. The highest BCUT2D eigenvalue weighted by Gasteiger charge is 2.59. The van der Waals surface area contributed by atoms with Crippen molar-refractivity contribution in [1.29, 1.82) is 0 Å². The van der Waals surface area contributed by atoms with Gasteiger partial charge < -0.3 is 14.3 Å². The zero-order valence-corrected chi connectivity index (χ0v) is 13.8. The first-order valence-corrected chi connectivity index (χ1v) is 9.22. The van der Waals surface area contributed by atoms with E-state index in [9.17, 15) is 13.2 Å². The monoisotopic (exact) mass is 344 g/mol. The largest absolute Gasteiger partial charge is 0.454 e.